The second-order valence-electron chi connectivity index (χ2n) is 6.32. The molecule has 5 nitrogen and oxygen atoms in total. The van der Waals surface area contributed by atoms with E-state index in [0.29, 0.717) is 23.3 Å². The van der Waals surface area contributed by atoms with Gasteiger partial charge in [-0.2, -0.15) is 0 Å². The fourth-order valence-corrected chi connectivity index (χ4v) is 4.53. The average Bonchev–Trinajstić information content (AvgIpc) is 2.78. The first-order chi connectivity index (χ1) is 11.0. The molecule has 6 heteroatoms. The monoisotopic (exact) mass is 335 g/mol. The minimum Gasteiger partial charge on any atom is -0.480 e. The lowest BCUT2D eigenvalue weighted by atomic mass is 9.98. The molecular formula is C17H21NO4S. The summed E-state index contributed by atoms with van der Waals surface area (Å²) in [6, 6.07) is 7.41. The maximum Gasteiger partial charge on any atom is 0.316 e. The molecule has 2 bridgehead atoms. The third-order valence-electron chi connectivity index (χ3n) is 4.71. The molecule has 2 aliphatic rings. The summed E-state index contributed by atoms with van der Waals surface area (Å²) >= 11 is 1.20. The number of piperidine rings is 1. The number of carbonyl (C=O) groups is 2. The van der Waals surface area contributed by atoms with Crippen LogP contribution in [-0.4, -0.2) is 50.4 Å². The van der Waals surface area contributed by atoms with Gasteiger partial charge in [0, 0.05) is 17.0 Å². The van der Waals surface area contributed by atoms with Crippen LogP contribution in [0.4, 0.5) is 0 Å². The fourth-order valence-electron chi connectivity index (χ4n) is 3.61. The molecule has 2 aliphatic heterocycles. The van der Waals surface area contributed by atoms with Gasteiger partial charge in [0.2, 0.25) is 0 Å². The van der Waals surface area contributed by atoms with Crippen molar-refractivity contribution in [3.63, 3.8) is 0 Å². The molecule has 3 atom stereocenters. The van der Waals surface area contributed by atoms with Crippen molar-refractivity contribution < 1.29 is 19.8 Å². The van der Waals surface area contributed by atoms with Gasteiger partial charge in [-0.15, -0.1) is 11.8 Å². The Morgan fingerprint density at radius 3 is 2.43 bits per heavy atom. The van der Waals surface area contributed by atoms with E-state index in [9.17, 15) is 14.7 Å². The largest absolute Gasteiger partial charge is 0.480 e. The number of fused-ring (bicyclic) bond motifs is 2. The molecule has 124 valence electrons. The van der Waals surface area contributed by atoms with Crippen molar-refractivity contribution in [3.8, 4) is 0 Å². The lowest BCUT2D eigenvalue weighted by Crippen LogP contribution is -2.48. The third-order valence-corrected chi connectivity index (χ3v) is 5.88. The SMILES string of the molecule is CC(Sc1ccccc1C(=O)N1C2CCC1CC(O)C2)C(=O)O. The Labute approximate surface area is 139 Å². The smallest absolute Gasteiger partial charge is 0.316 e. The minimum absolute atomic E-state index is 0.0370. The minimum atomic E-state index is -0.890. The van der Waals surface area contributed by atoms with Crippen molar-refractivity contribution in [2.75, 3.05) is 0 Å². The van der Waals surface area contributed by atoms with Crippen molar-refractivity contribution in [1.82, 2.24) is 4.90 Å². The van der Waals surface area contributed by atoms with Crippen molar-refractivity contribution in [2.45, 2.75) is 60.9 Å². The number of aliphatic hydroxyl groups excluding tert-OH is 1. The van der Waals surface area contributed by atoms with Crippen LogP contribution in [0.1, 0.15) is 43.0 Å². The van der Waals surface area contributed by atoms with Gasteiger partial charge in [-0.25, -0.2) is 0 Å². The van der Waals surface area contributed by atoms with E-state index in [1.807, 2.05) is 17.0 Å². The van der Waals surface area contributed by atoms with Crippen LogP contribution in [-0.2, 0) is 4.79 Å². The van der Waals surface area contributed by atoms with Gasteiger partial charge in [0.1, 0.15) is 5.25 Å². The Morgan fingerprint density at radius 1 is 1.22 bits per heavy atom. The number of hydrogen-bond donors (Lipinski definition) is 2. The molecule has 2 heterocycles. The number of thioether (sulfide) groups is 1. The van der Waals surface area contributed by atoms with Crippen LogP contribution in [0.5, 0.6) is 0 Å². The number of hydrogen-bond acceptors (Lipinski definition) is 4. The van der Waals surface area contributed by atoms with Gasteiger partial charge < -0.3 is 15.1 Å². The van der Waals surface area contributed by atoms with Crippen LogP contribution < -0.4 is 0 Å². The standard InChI is InChI=1S/C17H21NO4S/c1-10(17(21)22)23-15-5-3-2-4-14(15)16(20)18-11-6-7-12(18)9-13(19)8-11/h2-5,10-13,19H,6-9H2,1H3,(H,21,22). The molecule has 2 N–H and O–H groups in total. The van der Waals surface area contributed by atoms with Gasteiger partial charge in [0.25, 0.3) is 5.91 Å². The fraction of sp³-hybridized carbons (Fsp3) is 0.529. The molecule has 0 spiro atoms. The molecular weight excluding hydrogens is 314 g/mol. The van der Waals surface area contributed by atoms with E-state index in [4.69, 9.17) is 5.11 Å². The number of carboxylic acid groups (broad SMARTS) is 1. The molecule has 23 heavy (non-hydrogen) atoms. The Kier molecular flexibility index (Phi) is 4.64. The molecule has 0 aromatic heterocycles. The van der Waals surface area contributed by atoms with E-state index in [-0.39, 0.29) is 24.1 Å². The highest BCUT2D eigenvalue weighted by atomic mass is 32.2. The molecule has 2 fully saturated rings. The molecule has 1 amide bonds. The lowest BCUT2D eigenvalue weighted by molar-refractivity contribution is -0.136. The van der Waals surface area contributed by atoms with Crippen LogP contribution in [0.25, 0.3) is 0 Å². The summed E-state index contributed by atoms with van der Waals surface area (Å²) in [5.41, 5.74) is 0.568. The molecule has 0 aliphatic carbocycles. The zero-order valence-electron chi connectivity index (χ0n) is 13.0. The summed E-state index contributed by atoms with van der Waals surface area (Å²) in [5, 5.41) is 18.4. The van der Waals surface area contributed by atoms with Crippen LogP contribution >= 0.6 is 11.8 Å². The second-order valence-corrected chi connectivity index (χ2v) is 7.70. The number of benzene rings is 1. The summed E-state index contributed by atoms with van der Waals surface area (Å²) in [7, 11) is 0. The van der Waals surface area contributed by atoms with Crippen molar-refractivity contribution >= 4 is 23.6 Å². The van der Waals surface area contributed by atoms with Gasteiger partial charge in [0.05, 0.1) is 11.7 Å². The summed E-state index contributed by atoms with van der Waals surface area (Å²) in [6.45, 7) is 1.62. The average molecular weight is 335 g/mol. The quantitative estimate of drug-likeness (QED) is 0.826. The Bertz CT molecular complexity index is 606. The summed E-state index contributed by atoms with van der Waals surface area (Å²) in [5.74, 6) is -0.927. The Morgan fingerprint density at radius 2 is 1.83 bits per heavy atom. The first-order valence-corrected chi connectivity index (χ1v) is 8.84. The van der Waals surface area contributed by atoms with E-state index < -0.39 is 11.2 Å². The predicted octanol–water partition coefficient (Wildman–Crippen LogP) is 2.38. The number of nitrogens with zero attached hydrogens (tertiary/aromatic N) is 1. The zero-order valence-corrected chi connectivity index (χ0v) is 13.8. The van der Waals surface area contributed by atoms with Crippen LogP contribution in [0, 0.1) is 0 Å². The van der Waals surface area contributed by atoms with Crippen LogP contribution in [0.3, 0.4) is 0 Å². The number of rotatable bonds is 4. The van der Waals surface area contributed by atoms with E-state index in [1.165, 1.54) is 11.8 Å². The number of aliphatic carboxylic acids is 1. The predicted molar refractivity (Wildman–Crippen MR) is 87.6 cm³/mol. The maximum absolute atomic E-state index is 13.0. The molecule has 1 aromatic carbocycles. The highest BCUT2D eigenvalue weighted by Gasteiger charge is 2.43. The first-order valence-electron chi connectivity index (χ1n) is 7.96. The highest BCUT2D eigenvalue weighted by Crippen LogP contribution is 2.38. The van der Waals surface area contributed by atoms with Gasteiger partial charge in [-0.05, 0) is 44.7 Å². The maximum atomic E-state index is 13.0. The van der Waals surface area contributed by atoms with Crippen molar-refractivity contribution in [2.24, 2.45) is 0 Å². The van der Waals surface area contributed by atoms with E-state index in [2.05, 4.69) is 0 Å². The summed E-state index contributed by atoms with van der Waals surface area (Å²) in [6.07, 6.45) is 2.85. The van der Waals surface area contributed by atoms with Gasteiger partial charge in [-0.1, -0.05) is 12.1 Å². The van der Waals surface area contributed by atoms with Gasteiger partial charge in [0.15, 0.2) is 0 Å². The summed E-state index contributed by atoms with van der Waals surface area (Å²) in [4.78, 5) is 26.7. The lowest BCUT2D eigenvalue weighted by Gasteiger charge is -2.37. The van der Waals surface area contributed by atoms with Crippen LogP contribution in [0.2, 0.25) is 0 Å². The first kappa shape index (κ1) is 16.3. The molecule has 0 saturated carbocycles. The molecule has 3 unspecified atom stereocenters. The highest BCUT2D eigenvalue weighted by molar-refractivity contribution is 8.00. The Hall–Kier alpha value is -1.53. The third kappa shape index (κ3) is 3.23. The van der Waals surface area contributed by atoms with E-state index in [0.717, 1.165) is 12.8 Å². The second kappa shape index (κ2) is 6.53. The van der Waals surface area contributed by atoms with Gasteiger partial charge in [-0.3, -0.25) is 9.59 Å². The topological polar surface area (TPSA) is 77.8 Å². The molecule has 2 saturated heterocycles. The molecule has 0 radical (unpaired) electrons. The van der Waals surface area contributed by atoms with Crippen molar-refractivity contribution in [3.05, 3.63) is 29.8 Å². The van der Waals surface area contributed by atoms with E-state index in [1.54, 1.807) is 19.1 Å². The number of amides is 1. The van der Waals surface area contributed by atoms with Gasteiger partial charge >= 0.3 is 5.97 Å². The van der Waals surface area contributed by atoms with Crippen molar-refractivity contribution in [1.29, 1.82) is 0 Å². The summed E-state index contributed by atoms with van der Waals surface area (Å²) < 4.78 is 0. The van der Waals surface area contributed by atoms with Crippen LogP contribution in [0.15, 0.2) is 29.2 Å². The number of aliphatic hydroxyl groups is 1. The normalized spacial score (nSPS) is 27.7. The van der Waals surface area contributed by atoms with E-state index >= 15 is 0 Å². The Balaban J connectivity index is 1.84. The number of carboxylic acids is 1. The number of carbonyl (C=O) groups excluding carboxylic acids is 1. The molecule has 3 rings (SSSR count). The zero-order chi connectivity index (χ0) is 16.6. The molecule has 1 aromatic rings.